The van der Waals surface area contributed by atoms with Crippen molar-refractivity contribution in [1.82, 2.24) is 4.98 Å². The molecular formula is C12H18N2S. The molecule has 15 heavy (non-hydrogen) atoms. The topological polar surface area (TPSA) is 38.9 Å². The molecule has 2 N–H and O–H groups in total. The van der Waals surface area contributed by atoms with Gasteiger partial charge in [0, 0.05) is 1.43 Å². The summed E-state index contributed by atoms with van der Waals surface area (Å²) in [6.45, 7) is 8.73. The van der Waals surface area contributed by atoms with E-state index in [1.165, 1.54) is 21.4 Å². The van der Waals surface area contributed by atoms with Crippen LogP contribution in [0.5, 0.6) is 0 Å². The molecule has 2 rings (SSSR count). The van der Waals surface area contributed by atoms with E-state index in [1.54, 1.807) is 11.3 Å². The summed E-state index contributed by atoms with van der Waals surface area (Å²) in [5.41, 5.74) is 10.9. The average Bonchev–Trinajstić information content (AvgIpc) is 2.46. The Hall–Kier alpha value is -1.09. The number of aromatic nitrogens is 1. The van der Waals surface area contributed by atoms with Crippen molar-refractivity contribution in [3.8, 4) is 0 Å². The average molecular weight is 222 g/mol. The summed E-state index contributed by atoms with van der Waals surface area (Å²) in [6, 6.07) is 2.19. The summed E-state index contributed by atoms with van der Waals surface area (Å²) < 4.78 is 1.21. The zero-order chi connectivity index (χ0) is 11.2. The molecule has 0 atom stereocenters. The van der Waals surface area contributed by atoms with Gasteiger partial charge in [0.2, 0.25) is 0 Å². The van der Waals surface area contributed by atoms with Crippen LogP contribution in [0, 0.1) is 13.8 Å². The number of hydrogen-bond donors (Lipinski definition) is 1. The van der Waals surface area contributed by atoms with E-state index >= 15 is 0 Å². The predicted octanol–water partition coefficient (Wildman–Crippen LogP) is 3.86. The highest BCUT2D eigenvalue weighted by molar-refractivity contribution is 7.22. The highest BCUT2D eigenvalue weighted by Gasteiger charge is 2.14. The predicted molar refractivity (Wildman–Crippen MR) is 69.7 cm³/mol. The lowest BCUT2D eigenvalue weighted by Gasteiger charge is -2.12. The van der Waals surface area contributed by atoms with Crippen LogP contribution in [-0.4, -0.2) is 4.98 Å². The number of nitrogen functional groups attached to an aromatic ring is 1. The van der Waals surface area contributed by atoms with Crippen LogP contribution in [0.15, 0.2) is 6.07 Å². The van der Waals surface area contributed by atoms with Gasteiger partial charge in [-0.3, -0.25) is 0 Å². The van der Waals surface area contributed by atoms with E-state index < -0.39 is 0 Å². The summed E-state index contributed by atoms with van der Waals surface area (Å²) in [7, 11) is 0. The summed E-state index contributed by atoms with van der Waals surface area (Å²) in [5.74, 6) is 0.494. The van der Waals surface area contributed by atoms with Crippen molar-refractivity contribution in [2.45, 2.75) is 33.6 Å². The number of anilines is 1. The first kappa shape index (κ1) is 10.4. The minimum atomic E-state index is 0. The number of thiazole rings is 1. The van der Waals surface area contributed by atoms with E-state index in [-0.39, 0.29) is 1.43 Å². The van der Waals surface area contributed by atoms with Crippen molar-refractivity contribution in [1.29, 1.82) is 0 Å². The zero-order valence-electron chi connectivity index (χ0n) is 9.59. The maximum Gasteiger partial charge on any atom is 0.181 e. The van der Waals surface area contributed by atoms with Gasteiger partial charge in [0.25, 0.3) is 0 Å². The number of aryl methyl sites for hydroxylation is 1. The Morgan fingerprint density at radius 2 is 2.07 bits per heavy atom. The molecule has 0 aliphatic carbocycles. The summed E-state index contributed by atoms with van der Waals surface area (Å²) >= 11 is 1.57. The summed E-state index contributed by atoms with van der Waals surface area (Å²) in [5, 5.41) is 0.664. The maximum atomic E-state index is 5.77. The first-order valence-corrected chi connectivity index (χ1v) is 5.98. The number of fused-ring (bicyclic) bond motifs is 1. The first-order chi connectivity index (χ1) is 7.00. The van der Waals surface area contributed by atoms with Gasteiger partial charge in [0.15, 0.2) is 5.13 Å². The highest BCUT2D eigenvalue weighted by atomic mass is 32.1. The van der Waals surface area contributed by atoms with Crippen LogP contribution >= 0.6 is 11.3 Å². The van der Waals surface area contributed by atoms with E-state index in [1.807, 2.05) is 0 Å². The molecule has 0 bridgehead atoms. The standard InChI is InChI=1S/C12H16N2S.H2/c1-6(2)10-8(4)7(3)5-9-11(10)14-12(13)15-9;/h5-6H,1-4H3,(H2,13,14);1H. The van der Waals surface area contributed by atoms with E-state index in [9.17, 15) is 0 Å². The Morgan fingerprint density at radius 1 is 1.40 bits per heavy atom. The van der Waals surface area contributed by atoms with Crippen LogP contribution in [0.1, 0.15) is 37.9 Å². The lowest BCUT2D eigenvalue weighted by atomic mass is 9.94. The molecule has 0 spiro atoms. The Bertz CT molecular complexity index is 517. The molecule has 0 amide bonds. The van der Waals surface area contributed by atoms with Gasteiger partial charge in [0.1, 0.15) is 0 Å². The molecular weight excluding hydrogens is 204 g/mol. The Labute approximate surface area is 95.6 Å². The second-order valence-electron chi connectivity index (χ2n) is 4.29. The molecule has 0 saturated heterocycles. The second-order valence-corrected chi connectivity index (χ2v) is 5.35. The van der Waals surface area contributed by atoms with Crippen LogP contribution in [0.25, 0.3) is 10.2 Å². The third-order valence-electron chi connectivity index (χ3n) is 2.85. The highest BCUT2D eigenvalue weighted by Crippen LogP contribution is 2.34. The van der Waals surface area contributed by atoms with E-state index in [0.717, 1.165) is 5.52 Å². The van der Waals surface area contributed by atoms with Crippen LogP contribution < -0.4 is 5.73 Å². The molecule has 82 valence electrons. The van der Waals surface area contributed by atoms with Gasteiger partial charge < -0.3 is 5.73 Å². The van der Waals surface area contributed by atoms with E-state index in [4.69, 9.17) is 5.73 Å². The zero-order valence-corrected chi connectivity index (χ0v) is 10.4. The largest absolute Gasteiger partial charge is 0.375 e. The molecule has 1 aromatic heterocycles. The van der Waals surface area contributed by atoms with Gasteiger partial charge in [-0.15, -0.1) is 0 Å². The van der Waals surface area contributed by atoms with Gasteiger partial charge in [-0.05, 0) is 42.5 Å². The molecule has 0 aliphatic rings. The van der Waals surface area contributed by atoms with Crippen LogP contribution in [0.2, 0.25) is 0 Å². The summed E-state index contributed by atoms with van der Waals surface area (Å²) in [4.78, 5) is 4.43. The number of rotatable bonds is 1. The van der Waals surface area contributed by atoms with Gasteiger partial charge in [-0.2, -0.15) is 0 Å². The fourth-order valence-electron chi connectivity index (χ4n) is 2.04. The first-order valence-electron chi connectivity index (χ1n) is 5.16. The minimum absolute atomic E-state index is 0. The third-order valence-corrected chi connectivity index (χ3v) is 3.68. The van der Waals surface area contributed by atoms with Gasteiger partial charge >= 0.3 is 0 Å². The van der Waals surface area contributed by atoms with Gasteiger partial charge in [-0.25, -0.2) is 4.98 Å². The molecule has 0 saturated carbocycles. The Kier molecular flexibility index (Phi) is 2.43. The quantitative estimate of drug-likeness (QED) is 0.795. The lowest BCUT2D eigenvalue weighted by Crippen LogP contribution is -1.96. The fraction of sp³-hybridized carbons (Fsp3) is 0.417. The maximum absolute atomic E-state index is 5.77. The van der Waals surface area contributed by atoms with Crippen LogP contribution in [0.3, 0.4) is 0 Å². The third kappa shape index (κ3) is 1.61. The number of nitrogens with two attached hydrogens (primary N) is 1. The molecule has 3 heteroatoms. The van der Waals surface area contributed by atoms with Crippen molar-refractivity contribution in [3.63, 3.8) is 0 Å². The Balaban J connectivity index is 0.00000128. The Morgan fingerprint density at radius 3 is 2.67 bits per heavy atom. The smallest absolute Gasteiger partial charge is 0.181 e. The molecule has 2 aromatic rings. The monoisotopic (exact) mass is 222 g/mol. The second kappa shape index (κ2) is 3.49. The summed E-state index contributed by atoms with van der Waals surface area (Å²) in [6.07, 6.45) is 0. The van der Waals surface area contributed by atoms with Crippen LogP contribution in [0.4, 0.5) is 5.13 Å². The molecule has 0 aliphatic heterocycles. The normalized spacial score (nSPS) is 11.5. The van der Waals surface area contributed by atoms with Crippen molar-refractivity contribution >= 4 is 26.7 Å². The molecule has 1 heterocycles. The number of hydrogen-bond acceptors (Lipinski definition) is 3. The van der Waals surface area contributed by atoms with E-state index in [2.05, 4.69) is 38.7 Å². The molecule has 0 radical (unpaired) electrons. The van der Waals surface area contributed by atoms with Crippen molar-refractivity contribution < 1.29 is 1.43 Å². The van der Waals surface area contributed by atoms with Crippen molar-refractivity contribution in [2.75, 3.05) is 5.73 Å². The molecule has 1 aromatic carbocycles. The van der Waals surface area contributed by atoms with E-state index in [0.29, 0.717) is 11.0 Å². The minimum Gasteiger partial charge on any atom is -0.375 e. The van der Waals surface area contributed by atoms with Crippen molar-refractivity contribution in [3.05, 3.63) is 22.8 Å². The van der Waals surface area contributed by atoms with Gasteiger partial charge in [-0.1, -0.05) is 25.2 Å². The molecule has 0 unspecified atom stereocenters. The van der Waals surface area contributed by atoms with Crippen molar-refractivity contribution in [2.24, 2.45) is 0 Å². The molecule has 0 fully saturated rings. The number of benzene rings is 1. The van der Waals surface area contributed by atoms with Crippen LogP contribution in [-0.2, 0) is 0 Å². The lowest BCUT2D eigenvalue weighted by molar-refractivity contribution is 0.861. The van der Waals surface area contributed by atoms with Gasteiger partial charge in [0.05, 0.1) is 10.2 Å². The fourth-order valence-corrected chi connectivity index (χ4v) is 2.89. The number of nitrogens with zero attached hydrogens (tertiary/aromatic N) is 1. The molecule has 2 nitrogen and oxygen atoms in total. The SMILES string of the molecule is Cc1cc2sc(N)nc2c(C(C)C)c1C.[HH].